The first-order valence-corrected chi connectivity index (χ1v) is 4.57. The zero-order valence-corrected chi connectivity index (χ0v) is 8.95. The van der Waals surface area contributed by atoms with Crippen LogP contribution in [-0.4, -0.2) is 29.6 Å². The maximum atomic E-state index is 10.9. The van der Waals surface area contributed by atoms with E-state index in [1.165, 1.54) is 30.1 Å². The number of likely N-dealkylation sites (N-methyl/N-ethyl adjacent to an activating group) is 1. The van der Waals surface area contributed by atoms with Gasteiger partial charge in [0, 0.05) is 7.05 Å². The molecule has 0 aliphatic heterocycles. The summed E-state index contributed by atoms with van der Waals surface area (Å²) in [5.74, 6) is -1.11. The third kappa shape index (κ3) is 2.69. The topological polar surface area (TPSA) is 107 Å². The smallest absolute Gasteiger partial charge is 0.323 e. The zero-order chi connectivity index (χ0) is 13.0. The average Bonchev–Trinajstić information content (AvgIpc) is 2.26. The number of anilines is 1. The molecule has 1 aromatic carbocycles. The number of nitrogens with zero attached hydrogens (tertiary/aromatic N) is 3. The van der Waals surface area contributed by atoms with E-state index in [4.69, 9.17) is 10.4 Å². The molecule has 0 aliphatic rings. The normalized spacial score (nSPS) is 9.41. The number of nitro benzene ring substituents is 1. The summed E-state index contributed by atoms with van der Waals surface area (Å²) in [5, 5.41) is 28.3. The van der Waals surface area contributed by atoms with Gasteiger partial charge in [0.15, 0.2) is 0 Å². The van der Waals surface area contributed by atoms with Crippen LogP contribution in [0.15, 0.2) is 18.2 Å². The van der Waals surface area contributed by atoms with Crippen LogP contribution < -0.4 is 4.90 Å². The summed E-state index contributed by atoms with van der Waals surface area (Å²) in [4.78, 5) is 21.9. The van der Waals surface area contributed by atoms with Crippen LogP contribution >= 0.6 is 0 Å². The van der Waals surface area contributed by atoms with Crippen molar-refractivity contribution in [2.24, 2.45) is 0 Å². The first-order chi connectivity index (χ1) is 7.97. The van der Waals surface area contributed by atoms with E-state index < -0.39 is 10.9 Å². The second-order valence-corrected chi connectivity index (χ2v) is 3.29. The molecule has 17 heavy (non-hydrogen) atoms. The van der Waals surface area contributed by atoms with Crippen molar-refractivity contribution >= 4 is 17.3 Å². The highest BCUT2D eigenvalue weighted by molar-refractivity contribution is 5.77. The Kier molecular flexibility index (Phi) is 3.62. The number of nitro groups is 1. The van der Waals surface area contributed by atoms with Crippen LogP contribution in [0.25, 0.3) is 0 Å². The Labute approximate surface area is 96.7 Å². The van der Waals surface area contributed by atoms with Crippen molar-refractivity contribution in [3.8, 4) is 6.07 Å². The van der Waals surface area contributed by atoms with Gasteiger partial charge in [0.25, 0.3) is 0 Å². The summed E-state index contributed by atoms with van der Waals surface area (Å²) < 4.78 is 0. The predicted octanol–water partition coefficient (Wildman–Crippen LogP) is 0.987. The van der Waals surface area contributed by atoms with Crippen LogP contribution in [0.2, 0.25) is 0 Å². The number of benzene rings is 1. The Morgan fingerprint density at radius 3 is 2.76 bits per heavy atom. The van der Waals surface area contributed by atoms with Gasteiger partial charge in [-0.15, -0.1) is 0 Å². The molecule has 0 fully saturated rings. The molecule has 0 bridgehead atoms. The van der Waals surface area contributed by atoms with Crippen molar-refractivity contribution in [3.05, 3.63) is 33.9 Å². The van der Waals surface area contributed by atoms with Gasteiger partial charge >= 0.3 is 11.7 Å². The number of rotatable bonds is 4. The minimum atomic E-state index is -1.11. The van der Waals surface area contributed by atoms with Crippen LogP contribution in [0, 0.1) is 21.4 Å². The fourth-order valence-corrected chi connectivity index (χ4v) is 1.41. The molecule has 1 aromatic rings. The van der Waals surface area contributed by atoms with Crippen LogP contribution in [0.4, 0.5) is 11.4 Å². The van der Waals surface area contributed by atoms with Gasteiger partial charge in [0.05, 0.1) is 4.92 Å². The highest BCUT2D eigenvalue weighted by Crippen LogP contribution is 2.30. The van der Waals surface area contributed by atoms with Crippen LogP contribution in [0.5, 0.6) is 0 Å². The van der Waals surface area contributed by atoms with E-state index >= 15 is 0 Å². The van der Waals surface area contributed by atoms with E-state index in [-0.39, 0.29) is 23.5 Å². The highest BCUT2D eigenvalue weighted by atomic mass is 16.6. The summed E-state index contributed by atoms with van der Waals surface area (Å²) in [6.07, 6.45) is 0. The molecular weight excluding hydrogens is 226 g/mol. The van der Waals surface area contributed by atoms with Gasteiger partial charge in [0.1, 0.15) is 23.9 Å². The fraction of sp³-hybridized carbons (Fsp3) is 0.200. The predicted molar refractivity (Wildman–Crippen MR) is 58.7 cm³/mol. The number of hydrogen-bond acceptors (Lipinski definition) is 5. The maximum Gasteiger partial charge on any atom is 0.323 e. The molecule has 0 atom stereocenters. The minimum Gasteiger partial charge on any atom is -0.480 e. The lowest BCUT2D eigenvalue weighted by Gasteiger charge is -2.16. The lowest BCUT2D eigenvalue weighted by molar-refractivity contribution is -0.384. The Hall–Kier alpha value is -2.62. The quantitative estimate of drug-likeness (QED) is 0.615. The second kappa shape index (κ2) is 4.94. The summed E-state index contributed by atoms with van der Waals surface area (Å²) in [6.45, 7) is -0.379. The molecule has 0 heterocycles. The number of aliphatic carboxylic acids is 1. The zero-order valence-electron chi connectivity index (χ0n) is 8.95. The third-order valence-electron chi connectivity index (χ3n) is 2.10. The number of nitriles is 1. The number of carboxylic acid groups (broad SMARTS) is 1. The van der Waals surface area contributed by atoms with E-state index in [0.29, 0.717) is 0 Å². The Balaban J connectivity index is 3.29. The number of carboxylic acids is 1. The Morgan fingerprint density at radius 1 is 1.65 bits per heavy atom. The molecule has 0 amide bonds. The molecule has 0 unspecified atom stereocenters. The number of hydrogen-bond donors (Lipinski definition) is 1. The molecule has 0 saturated carbocycles. The van der Waals surface area contributed by atoms with Crippen LogP contribution in [0.1, 0.15) is 5.56 Å². The van der Waals surface area contributed by atoms with Crippen molar-refractivity contribution in [2.45, 2.75) is 0 Å². The fourth-order valence-electron chi connectivity index (χ4n) is 1.41. The van der Waals surface area contributed by atoms with Crippen LogP contribution in [-0.2, 0) is 4.79 Å². The first-order valence-electron chi connectivity index (χ1n) is 4.57. The van der Waals surface area contributed by atoms with Gasteiger partial charge in [0.2, 0.25) is 0 Å². The van der Waals surface area contributed by atoms with E-state index in [2.05, 4.69) is 0 Å². The summed E-state index contributed by atoms with van der Waals surface area (Å²) in [6, 6.07) is 5.90. The maximum absolute atomic E-state index is 10.9. The van der Waals surface area contributed by atoms with Gasteiger partial charge in [-0.2, -0.15) is 5.26 Å². The third-order valence-corrected chi connectivity index (χ3v) is 2.10. The van der Waals surface area contributed by atoms with Gasteiger partial charge in [-0.25, -0.2) is 0 Å². The molecule has 1 N–H and O–H groups in total. The lowest BCUT2D eigenvalue weighted by atomic mass is 10.1. The average molecular weight is 235 g/mol. The molecule has 7 heteroatoms. The minimum absolute atomic E-state index is 0.0928. The standard InChI is InChI=1S/C10H9N3O4/c1-12(6-9(14)15)8-4-2-3-7(5-11)10(8)13(16)17/h2-4H,6H2,1H3,(H,14,15). The first kappa shape index (κ1) is 12.4. The van der Waals surface area contributed by atoms with E-state index in [0.717, 1.165) is 0 Å². The highest BCUT2D eigenvalue weighted by Gasteiger charge is 2.22. The molecular formula is C10H9N3O4. The molecule has 0 saturated heterocycles. The largest absolute Gasteiger partial charge is 0.480 e. The molecule has 0 spiro atoms. The monoisotopic (exact) mass is 235 g/mol. The lowest BCUT2D eigenvalue weighted by Crippen LogP contribution is -2.25. The van der Waals surface area contributed by atoms with E-state index in [1.54, 1.807) is 6.07 Å². The van der Waals surface area contributed by atoms with E-state index in [1.807, 2.05) is 0 Å². The van der Waals surface area contributed by atoms with Gasteiger partial charge in [-0.3, -0.25) is 14.9 Å². The molecule has 0 radical (unpaired) electrons. The van der Waals surface area contributed by atoms with Gasteiger partial charge in [-0.05, 0) is 12.1 Å². The summed E-state index contributed by atoms with van der Waals surface area (Å²) >= 11 is 0. The van der Waals surface area contributed by atoms with Crippen LogP contribution in [0.3, 0.4) is 0 Å². The number of carbonyl (C=O) groups is 1. The van der Waals surface area contributed by atoms with Gasteiger partial charge in [-0.1, -0.05) is 6.07 Å². The van der Waals surface area contributed by atoms with E-state index in [9.17, 15) is 14.9 Å². The van der Waals surface area contributed by atoms with Crippen molar-refractivity contribution in [1.82, 2.24) is 0 Å². The SMILES string of the molecule is CN(CC(=O)O)c1cccc(C#N)c1[N+](=O)[O-]. The molecule has 0 aliphatic carbocycles. The molecule has 7 nitrogen and oxygen atoms in total. The molecule has 0 aromatic heterocycles. The van der Waals surface area contributed by atoms with Crippen molar-refractivity contribution in [3.63, 3.8) is 0 Å². The molecule has 1 rings (SSSR count). The Morgan fingerprint density at radius 2 is 2.29 bits per heavy atom. The molecule has 88 valence electrons. The summed E-state index contributed by atoms with van der Waals surface area (Å²) in [7, 11) is 1.41. The van der Waals surface area contributed by atoms with Crippen molar-refractivity contribution < 1.29 is 14.8 Å². The Bertz CT molecular complexity index is 507. The summed E-state index contributed by atoms with van der Waals surface area (Å²) in [5.41, 5.74) is -0.361. The van der Waals surface area contributed by atoms with Gasteiger partial charge < -0.3 is 10.0 Å². The van der Waals surface area contributed by atoms with Crippen molar-refractivity contribution in [1.29, 1.82) is 5.26 Å². The second-order valence-electron chi connectivity index (χ2n) is 3.29. The van der Waals surface area contributed by atoms with Crippen molar-refractivity contribution in [2.75, 3.05) is 18.5 Å². The number of para-hydroxylation sites is 1.